The monoisotopic (exact) mass is 504 g/mol. The summed E-state index contributed by atoms with van der Waals surface area (Å²) in [6.07, 6.45) is 2.03. The van der Waals surface area contributed by atoms with E-state index in [1.807, 2.05) is 0 Å². The van der Waals surface area contributed by atoms with Gasteiger partial charge in [-0.2, -0.15) is 11.8 Å². The molecule has 4 unspecified atom stereocenters. The van der Waals surface area contributed by atoms with Crippen LogP contribution >= 0.6 is 11.8 Å². The summed E-state index contributed by atoms with van der Waals surface area (Å²) in [4.78, 5) is 64.2. The molecule has 0 rings (SSSR count). The van der Waals surface area contributed by atoms with Gasteiger partial charge < -0.3 is 44.0 Å². The number of nitrogens with one attached hydrogen (secondary N) is 3. The van der Waals surface area contributed by atoms with E-state index >= 15 is 0 Å². The van der Waals surface area contributed by atoms with Crippen LogP contribution in [0.3, 0.4) is 0 Å². The number of aliphatic imine (C=N–C) groups is 1. The van der Waals surface area contributed by atoms with Gasteiger partial charge >= 0.3 is 5.97 Å². The van der Waals surface area contributed by atoms with Crippen molar-refractivity contribution in [2.75, 3.05) is 18.6 Å². The van der Waals surface area contributed by atoms with Crippen molar-refractivity contribution >= 4 is 47.3 Å². The lowest BCUT2D eigenvalue weighted by Crippen LogP contribution is -2.57. The number of primary amides is 1. The lowest BCUT2D eigenvalue weighted by Gasteiger charge is -2.24. The topological polar surface area (TPSA) is 258 Å². The quantitative estimate of drug-likeness (QED) is 0.0563. The Morgan fingerprint density at radius 3 is 1.88 bits per heavy atom. The van der Waals surface area contributed by atoms with Crippen LogP contribution < -0.4 is 38.9 Å². The Kier molecular flexibility index (Phi) is 15.0. The van der Waals surface area contributed by atoms with E-state index in [-0.39, 0.29) is 44.6 Å². The third kappa shape index (κ3) is 13.5. The fraction of sp³-hybridized carbons (Fsp3) is 0.684. The molecule has 4 atom stereocenters. The standard InChI is InChI=1S/C19H36N8O6S/c1-10(20)15(29)25-12(5-6-14(21)28)17(31)26-11(4-3-8-24-19(22)23)16(30)27-13(18(32)33)7-9-34-2/h10-13H,3-9,20H2,1-2H3,(H2,21,28)(H,25,29)(H,26,31)(H,27,30)(H,32,33)(H4,22,23,24). The number of carboxylic acid groups (broad SMARTS) is 1. The summed E-state index contributed by atoms with van der Waals surface area (Å²) in [5.74, 6) is -3.66. The molecule has 0 aromatic carbocycles. The first kappa shape index (κ1) is 30.9. The van der Waals surface area contributed by atoms with Gasteiger partial charge in [-0.05, 0) is 44.6 Å². The molecule has 0 aromatic rings. The number of aliphatic carboxylic acids is 1. The Morgan fingerprint density at radius 1 is 0.882 bits per heavy atom. The number of carbonyl (C=O) groups is 5. The molecule has 12 N–H and O–H groups in total. The maximum Gasteiger partial charge on any atom is 0.326 e. The molecule has 34 heavy (non-hydrogen) atoms. The Morgan fingerprint density at radius 2 is 1.41 bits per heavy atom. The molecule has 14 nitrogen and oxygen atoms in total. The number of thioether (sulfide) groups is 1. The molecule has 0 spiro atoms. The molecule has 0 aliphatic heterocycles. The van der Waals surface area contributed by atoms with Crippen LogP contribution in [0.15, 0.2) is 4.99 Å². The minimum absolute atomic E-state index is 0.0764. The molecular weight excluding hydrogens is 468 g/mol. The predicted molar refractivity (Wildman–Crippen MR) is 128 cm³/mol. The lowest BCUT2D eigenvalue weighted by atomic mass is 10.1. The summed E-state index contributed by atoms with van der Waals surface area (Å²) < 4.78 is 0. The van der Waals surface area contributed by atoms with Gasteiger partial charge in [0.15, 0.2) is 5.96 Å². The number of hydrogen-bond donors (Lipinski definition) is 8. The van der Waals surface area contributed by atoms with Gasteiger partial charge in [-0.1, -0.05) is 0 Å². The average molecular weight is 505 g/mol. The van der Waals surface area contributed by atoms with E-state index in [1.54, 1.807) is 6.26 Å². The second kappa shape index (κ2) is 16.5. The molecule has 0 bridgehead atoms. The number of carboxylic acids is 1. The van der Waals surface area contributed by atoms with Gasteiger partial charge in [-0.15, -0.1) is 0 Å². The number of guanidine groups is 1. The predicted octanol–water partition coefficient (Wildman–Crippen LogP) is -3.06. The van der Waals surface area contributed by atoms with Crippen molar-refractivity contribution in [1.29, 1.82) is 0 Å². The minimum Gasteiger partial charge on any atom is -0.480 e. The maximum atomic E-state index is 12.9. The van der Waals surface area contributed by atoms with Gasteiger partial charge in [-0.25, -0.2) is 4.79 Å². The highest BCUT2D eigenvalue weighted by Gasteiger charge is 2.29. The van der Waals surface area contributed by atoms with Crippen molar-refractivity contribution in [3.05, 3.63) is 0 Å². The first-order valence-corrected chi connectivity index (χ1v) is 12.0. The highest BCUT2D eigenvalue weighted by atomic mass is 32.2. The number of hydrogen-bond acceptors (Lipinski definition) is 8. The molecule has 194 valence electrons. The smallest absolute Gasteiger partial charge is 0.326 e. The first-order valence-electron chi connectivity index (χ1n) is 10.6. The summed E-state index contributed by atoms with van der Waals surface area (Å²) in [7, 11) is 0. The number of nitrogens with zero attached hydrogens (tertiary/aromatic N) is 1. The van der Waals surface area contributed by atoms with Crippen LogP contribution in [0.25, 0.3) is 0 Å². The Balaban J connectivity index is 5.55. The molecule has 0 aliphatic carbocycles. The summed E-state index contributed by atoms with van der Waals surface area (Å²) in [6, 6.07) is -4.41. The summed E-state index contributed by atoms with van der Waals surface area (Å²) in [6.45, 7) is 1.59. The second-order valence-electron chi connectivity index (χ2n) is 7.55. The third-order valence-corrected chi connectivity index (χ3v) is 5.17. The molecule has 4 amide bonds. The van der Waals surface area contributed by atoms with Crippen LogP contribution in [0.4, 0.5) is 0 Å². The van der Waals surface area contributed by atoms with E-state index in [0.29, 0.717) is 5.75 Å². The van der Waals surface area contributed by atoms with E-state index in [0.717, 1.165) is 0 Å². The first-order chi connectivity index (χ1) is 15.9. The molecule has 0 aromatic heterocycles. The highest BCUT2D eigenvalue weighted by Crippen LogP contribution is 2.06. The van der Waals surface area contributed by atoms with Crippen LogP contribution in [0.5, 0.6) is 0 Å². The zero-order chi connectivity index (χ0) is 26.3. The molecule has 0 radical (unpaired) electrons. The van der Waals surface area contributed by atoms with Gasteiger partial charge in [0.2, 0.25) is 23.6 Å². The van der Waals surface area contributed by atoms with E-state index in [2.05, 4.69) is 20.9 Å². The van der Waals surface area contributed by atoms with E-state index in [9.17, 15) is 29.1 Å². The molecule has 0 saturated carbocycles. The van der Waals surface area contributed by atoms with Gasteiger partial charge in [0.05, 0.1) is 6.04 Å². The third-order valence-electron chi connectivity index (χ3n) is 4.53. The Hall–Kier alpha value is -3.07. The molecule has 0 fully saturated rings. The largest absolute Gasteiger partial charge is 0.480 e. The van der Waals surface area contributed by atoms with Gasteiger partial charge in [0.1, 0.15) is 18.1 Å². The van der Waals surface area contributed by atoms with Crippen molar-refractivity contribution in [3.63, 3.8) is 0 Å². The molecular formula is C19H36N8O6S. The van der Waals surface area contributed by atoms with Crippen molar-refractivity contribution in [3.8, 4) is 0 Å². The maximum absolute atomic E-state index is 12.9. The fourth-order valence-electron chi connectivity index (χ4n) is 2.67. The number of rotatable bonds is 17. The van der Waals surface area contributed by atoms with Gasteiger partial charge in [0.25, 0.3) is 0 Å². The van der Waals surface area contributed by atoms with E-state index < -0.39 is 53.8 Å². The average Bonchev–Trinajstić information content (AvgIpc) is 2.74. The number of nitrogens with two attached hydrogens (primary N) is 4. The van der Waals surface area contributed by atoms with Crippen molar-refractivity contribution < 1.29 is 29.1 Å². The molecule has 0 heterocycles. The Labute approximate surface area is 202 Å². The number of carbonyl (C=O) groups excluding carboxylic acids is 4. The summed E-state index contributed by atoms with van der Waals surface area (Å²) >= 11 is 1.42. The minimum atomic E-state index is -1.21. The van der Waals surface area contributed by atoms with E-state index in [1.165, 1.54) is 18.7 Å². The van der Waals surface area contributed by atoms with Crippen LogP contribution in [0.1, 0.15) is 39.0 Å². The van der Waals surface area contributed by atoms with Crippen LogP contribution in [0, 0.1) is 0 Å². The molecule has 15 heteroatoms. The fourth-order valence-corrected chi connectivity index (χ4v) is 3.14. The van der Waals surface area contributed by atoms with Crippen LogP contribution in [-0.2, 0) is 24.0 Å². The van der Waals surface area contributed by atoms with Crippen molar-refractivity contribution in [1.82, 2.24) is 16.0 Å². The van der Waals surface area contributed by atoms with Crippen molar-refractivity contribution in [2.45, 2.75) is 63.2 Å². The highest BCUT2D eigenvalue weighted by molar-refractivity contribution is 7.98. The normalized spacial score (nSPS) is 14.1. The lowest BCUT2D eigenvalue weighted by molar-refractivity contribution is -0.142. The van der Waals surface area contributed by atoms with E-state index in [4.69, 9.17) is 22.9 Å². The van der Waals surface area contributed by atoms with Crippen molar-refractivity contribution in [2.24, 2.45) is 27.9 Å². The second-order valence-corrected chi connectivity index (χ2v) is 8.53. The molecule has 0 saturated heterocycles. The zero-order valence-electron chi connectivity index (χ0n) is 19.4. The number of amides is 4. The summed E-state index contributed by atoms with van der Waals surface area (Å²) in [5.41, 5.74) is 21.2. The SMILES string of the molecule is CSCCC(NC(=O)C(CCCN=C(N)N)NC(=O)C(CCC(N)=O)NC(=O)C(C)N)C(=O)O. The van der Waals surface area contributed by atoms with Crippen LogP contribution in [-0.4, -0.2) is 83.4 Å². The molecule has 0 aliphatic rings. The van der Waals surface area contributed by atoms with Gasteiger partial charge in [-0.3, -0.25) is 24.2 Å². The van der Waals surface area contributed by atoms with Gasteiger partial charge in [0, 0.05) is 13.0 Å². The Bertz CT molecular complexity index is 744. The van der Waals surface area contributed by atoms with Crippen LogP contribution in [0.2, 0.25) is 0 Å². The zero-order valence-corrected chi connectivity index (χ0v) is 20.2. The summed E-state index contributed by atoms with van der Waals surface area (Å²) in [5, 5.41) is 16.7.